The zero-order chi connectivity index (χ0) is 36.7. The van der Waals surface area contributed by atoms with Gasteiger partial charge in [-0.3, -0.25) is 0 Å². The van der Waals surface area contributed by atoms with Crippen LogP contribution < -0.4 is 4.40 Å². The summed E-state index contributed by atoms with van der Waals surface area (Å²) in [5.74, 6) is 6.18. The maximum atomic E-state index is 13.8. The number of pyridine rings is 2. The van der Waals surface area contributed by atoms with Crippen molar-refractivity contribution >= 4 is 49.2 Å². The molecule has 3 aromatic heterocycles. The van der Waals surface area contributed by atoms with Crippen LogP contribution in [0, 0.1) is 31.7 Å². The van der Waals surface area contributed by atoms with Gasteiger partial charge in [-0.15, -0.1) is 23.8 Å². The van der Waals surface area contributed by atoms with Gasteiger partial charge in [-0.05, 0) is 57.5 Å². The molecule has 2 nitrogen and oxygen atoms in total. The monoisotopic (exact) mass is 893 g/mol. The molecule has 0 N–H and O–H groups in total. The summed E-state index contributed by atoms with van der Waals surface area (Å²) in [7, 11) is 0. The summed E-state index contributed by atoms with van der Waals surface area (Å²) in [6.07, 6.45) is 3.44. The minimum Gasteiger partial charge on any atom is -0.304 e. The second-order valence-corrected chi connectivity index (χ2v) is 24.6. The van der Waals surface area contributed by atoms with Crippen molar-refractivity contribution in [2.24, 2.45) is 0 Å². The van der Waals surface area contributed by atoms with Gasteiger partial charge in [0.1, 0.15) is 5.82 Å². The number of rotatable bonds is 5. The molecule has 0 unspecified atom stereocenters. The van der Waals surface area contributed by atoms with Gasteiger partial charge in [-0.2, -0.15) is 11.3 Å². The van der Waals surface area contributed by atoms with E-state index in [0.717, 1.165) is 48.1 Å². The molecule has 1 radical (unpaired) electrons. The molecular weight excluding hydrogens is 848 g/mol. The van der Waals surface area contributed by atoms with Gasteiger partial charge in [-0.1, -0.05) is 41.8 Å². The molecule has 245 valence electrons. The molecule has 0 aliphatic heterocycles. The Morgan fingerprint density at radius 2 is 1.65 bits per heavy atom. The molecule has 3 heterocycles. The van der Waals surface area contributed by atoms with Crippen molar-refractivity contribution in [1.29, 1.82) is 0 Å². The zero-order valence-electron chi connectivity index (χ0n) is 31.8. The van der Waals surface area contributed by atoms with Crippen LogP contribution in [0.1, 0.15) is 41.9 Å². The van der Waals surface area contributed by atoms with Crippen molar-refractivity contribution in [3.05, 3.63) is 138 Å². The fraction of sp³-hybridized carbons (Fsp3) is 0.190. The second-order valence-electron chi connectivity index (χ2n) is 13.0. The van der Waals surface area contributed by atoms with Crippen LogP contribution in [0.25, 0.3) is 53.8 Å². The van der Waals surface area contributed by atoms with Crippen LogP contribution in [0.5, 0.6) is 0 Å². The van der Waals surface area contributed by atoms with Crippen LogP contribution in [-0.4, -0.2) is 23.2 Å². The third kappa shape index (κ3) is 7.71. The van der Waals surface area contributed by atoms with E-state index >= 15 is 0 Å². The fourth-order valence-corrected chi connectivity index (χ4v) is 10.1. The van der Waals surface area contributed by atoms with Crippen molar-refractivity contribution in [3.63, 3.8) is 0 Å². The molecule has 0 spiro atoms. The summed E-state index contributed by atoms with van der Waals surface area (Å²) in [6, 6.07) is 34.5. The quantitative estimate of drug-likeness (QED) is 0.127. The van der Waals surface area contributed by atoms with E-state index in [2.05, 4.69) is 64.5 Å². The maximum absolute atomic E-state index is 13.8. The molecule has 0 amide bonds. The maximum Gasteiger partial charge on any atom is 0.123 e. The zero-order valence-corrected chi connectivity index (χ0v) is 33.1. The standard InChI is InChI=1S/C24H15FNS.C18H24GeN.Ir/c1-15-14-26-22(13-20(15)16-6-3-2-4-7-16)19-9-5-8-18-21-12-17(25)10-11-23(21)27-24(18)19;1-13(2)16-11-18(15-9-7-14(3)8-10-15)20-12-17(16)19(4,5)6;/h2-8,10-14H,1H3;7-9,11-13H,1-6H3;/q2*-1;/i1D3;13D;. The van der Waals surface area contributed by atoms with Crippen LogP contribution in [0.15, 0.2) is 103 Å². The van der Waals surface area contributed by atoms with E-state index in [9.17, 15) is 4.39 Å². The average molecular weight is 892 g/mol. The Balaban J connectivity index is 0.000000210. The molecule has 48 heavy (non-hydrogen) atoms. The predicted octanol–water partition coefficient (Wildman–Crippen LogP) is 11.6. The number of aryl methyl sites for hydroxylation is 2. The Bertz CT molecular complexity index is 2350. The van der Waals surface area contributed by atoms with Crippen LogP contribution in [0.2, 0.25) is 17.3 Å². The SMILES string of the molecule is [2H]C(C)(C)c1cc(-c2[c-]cc(C)cc2)nc[c]1[Ge]([CH3])([CH3])[CH3].[2H]C([2H])([2H])c1cnc(-c2[c-]ccc3c2sc2ccc(F)cc23)cc1-c1ccccc1.[Ir]. The van der Waals surface area contributed by atoms with Gasteiger partial charge >= 0.3 is 127 Å². The third-order valence-corrected chi connectivity index (χ3v) is 13.6. The normalized spacial score (nSPS) is 13.1. The summed E-state index contributed by atoms with van der Waals surface area (Å²) < 4.78 is 49.3. The minimum absolute atomic E-state index is 0. The average Bonchev–Trinajstić information content (AvgIpc) is 3.45. The number of hydrogen-bond acceptors (Lipinski definition) is 3. The molecular formula is C42H39FGeIrN2S-2. The Labute approximate surface area is 309 Å². The number of aromatic nitrogens is 2. The van der Waals surface area contributed by atoms with Crippen molar-refractivity contribution in [1.82, 2.24) is 9.97 Å². The molecule has 0 atom stereocenters. The van der Waals surface area contributed by atoms with Gasteiger partial charge in [0.05, 0.1) is 0 Å². The van der Waals surface area contributed by atoms with Crippen molar-refractivity contribution in [2.75, 3.05) is 0 Å². The Kier molecular flexibility index (Phi) is 9.53. The van der Waals surface area contributed by atoms with Crippen molar-refractivity contribution in [2.45, 2.75) is 50.8 Å². The Hall–Kier alpha value is -3.48. The summed E-state index contributed by atoms with van der Waals surface area (Å²) in [6.45, 7) is 3.70. The van der Waals surface area contributed by atoms with E-state index in [-0.39, 0.29) is 31.5 Å². The molecule has 6 heteroatoms. The topological polar surface area (TPSA) is 25.8 Å². The first kappa shape index (κ1) is 30.6. The Morgan fingerprint density at radius 3 is 2.33 bits per heavy atom. The summed E-state index contributed by atoms with van der Waals surface area (Å²) in [5.41, 5.74) is 7.30. The summed E-state index contributed by atoms with van der Waals surface area (Å²) in [4.78, 5) is 9.13. The molecule has 7 aromatic rings. The number of halogens is 1. The number of thiophene rings is 1. The Morgan fingerprint density at radius 1 is 0.875 bits per heavy atom. The molecule has 0 aliphatic carbocycles. The van der Waals surface area contributed by atoms with Gasteiger partial charge in [0.25, 0.3) is 0 Å². The van der Waals surface area contributed by atoms with Gasteiger partial charge in [-0.25, -0.2) is 4.39 Å². The van der Waals surface area contributed by atoms with Crippen molar-refractivity contribution in [3.8, 4) is 33.6 Å². The first-order valence-electron chi connectivity index (χ1n) is 17.6. The van der Waals surface area contributed by atoms with E-state index in [0.29, 0.717) is 11.3 Å². The second kappa shape index (κ2) is 15.0. The number of benzene rings is 4. The molecule has 0 bridgehead atoms. The number of fused-ring (bicyclic) bond motifs is 3. The first-order chi connectivity index (χ1) is 24.0. The van der Waals surface area contributed by atoms with Crippen LogP contribution in [0.3, 0.4) is 0 Å². The van der Waals surface area contributed by atoms with E-state index in [1.54, 1.807) is 29.5 Å². The predicted molar refractivity (Wildman–Crippen MR) is 202 cm³/mol. The van der Waals surface area contributed by atoms with Crippen LogP contribution in [-0.2, 0) is 20.1 Å². The van der Waals surface area contributed by atoms with Gasteiger partial charge < -0.3 is 4.98 Å². The molecule has 7 rings (SSSR count). The van der Waals surface area contributed by atoms with Gasteiger partial charge in [0.15, 0.2) is 0 Å². The summed E-state index contributed by atoms with van der Waals surface area (Å²) in [5, 5.41) is 1.79. The molecule has 4 aromatic carbocycles. The molecule has 0 fully saturated rings. The first-order valence-corrected chi connectivity index (χ1v) is 23.8. The molecule has 0 saturated heterocycles. The van der Waals surface area contributed by atoms with Gasteiger partial charge in [0, 0.05) is 35.1 Å². The molecule has 0 aliphatic rings. The van der Waals surface area contributed by atoms with Crippen LogP contribution >= 0.6 is 11.3 Å². The van der Waals surface area contributed by atoms with Crippen molar-refractivity contribution < 1.29 is 30.0 Å². The minimum atomic E-state index is -2.28. The van der Waals surface area contributed by atoms with E-state index in [1.165, 1.54) is 22.2 Å². The third-order valence-electron chi connectivity index (χ3n) is 8.13. The van der Waals surface area contributed by atoms with E-state index < -0.39 is 26.0 Å². The molecule has 0 saturated carbocycles. The number of hydrogen-bond donors (Lipinski definition) is 0. The van der Waals surface area contributed by atoms with Gasteiger partial charge in [0.2, 0.25) is 0 Å². The summed E-state index contributed by atoms with van der Waals surface area (Å²) >= 11 is -0.482. The van der Waals surface area contributed by atoms with E-state index in [4.69, 9.17) is 5.48 Å². The largest absolute Gasteiger partial charge is 0.304 e. The number of nitrogens with zero attached hydrogens (tertiary/aromatic N) is 2. The smallest absolute Gasteiger partial charge is 0.123 e. The van der Waals surface area contributed by atoms with E-state index in [1.807, 2.05) is 68.6 Å². The van der Waals surface area contributed by atoms with Crippen LogP contribution in [0.4, 0.5) is 4.39 Å². The fourth-order valence-electron chi connectivity index (χ4n) is 5.63.